The van der Waals surface area contributed by atoms with E-state index in [2.05, 4.69) is 21.2 Å². The van der Waals surface area contributed by atoms with E-state index >= 15 is 0 Å². The predicted molar refractivity (Wildman–Crippen MR) is 119 cm³/mol. The van der Waals surface area contributed by atoms with Crippen molar-refractivity contribution in [3.05, 3.63) is 62.1 Å². The summed E-state index contributed by atoms with van der Waals surface area (Å²) in [6.07, 6.45) is 3.11. The molecule has 2 aliphatic carbocycles. The maximum atomic E-state index is 13.1. The van der Waals surface area contributed by atoms with Crippen molar-refractivity contribution in [2.24, 2.45) is 5.41 Å². The molecule has 4 rings (SSSR count). The SMILES string of the molecule is O=C(O)CC1(CC(=O)Nc2c(Cl)cc3c(c2Br)C(=O)c2ccccc2C3=O)CCCC1. The molecule has 31 heavy (non-hydrogen) atoms. The Morgan fingerprint density at radius 1 is 1.03 bits per heavy atom. The van der Waals surface area contributed by atoms with Crippen LogP contribution in [0.5, 0.6) is 0 Å². The Morgan fingerprint density at radius 2 is 1.65 bits per heavy atom. The molecule has 0 atom stereocenters. The lowest BCUT2D eigenvalue weighted by molar-refractivity contribution is -0.140. The number of fused-ring (bicyclic) bond motifs is 2. The molecule has 6 nitrogen and oxygen atoms in total. The number of benzene rings is 2. The highest BCUT2D eigenvalue weighted by molar-refractivity contribution is 9.10. The second kappa shape index (κ2) is 8.20. The van der Waals surface area contributed by atoms with Gasteiger partial charge < -0.3 is 10.4 Å². The van der Waals surface area contributed by atoms with Crippen molar-refractivity contribution in [2.45, 2.75) is 38.5 Å². The summed E-state index contributed by atoms with van der Waals surface area (Å²) in [5, 5.41) is 12.1. The fourth-order valence-corrected chi connectivity index (χ4v) is 5.75. The Kier molecular flexibility index (Phi) is 5.75. The summed E-state index contributed by atoms with van der Waals surface area (Å²) in [5.74, 6) is -1.94. The van der Waals surface area contributed by atoms with E-state index in [1.54, 1.807) is 24.3 Å². The van der Waals surface area contributed by atoms with Crippen LogP contribution in [-0.4, -0.2) is 28.5 Å². The quantitative estimate of drug-likeness (QED) is 0.495. The fourth-order valence-electron chi connectivity index (χ4n) is 4.68. The van der Waals surface area contributed by atoms with Crippen LogP contribution >= 0.6 is 27.5 Å². The number of carboxylic acid groups (broad SMARTS) is 1. The van der Waals surface area contributed by atoms with Crippen molar-refractivity contribution in [1.29, 1.82) is 0 Å². The molecule has 0 aromatic heterocycles. The number of halogens is 2. The molecule has 0 heterocycles. The minimum Gasteiger partial charge on any atom is -0.481 e. The highest BCUT2D eigenvalue weighted by Crippen LogP contribution is 2.45. The molecule has 8 heteroatoms. The minimum absolute atomic E-state index is 0.0505. The van der Waals surface area contributed by atoms with Gasteiger partial charge in [-0.2, -0.15) is 0 Å². The van der Waals surface area contributed by atoms with Gasteiger partial charge in [-0.25, -0.2) is 0 Å². The molecule has 0 aliphatic heterocycles. The van der Waals surface area contributed by atoms with Gasteiger partial charge in [-0.15, -0.1) is 0 Å². The Labute approximate surface area is 192 Å². The Balaban J connectivity index is 1.66. The van der Waals surface area contributed by atoms with Crippen LogP contribution < -0.4 is 5.32 Å². The van der Waals surface area contributed by atoms with Crippen molar-refractivity contribution in [1.82, 2.24) is 0 Å². The van der Waals surface area contributed by atoms with Gasteiger partial charge >= 0.3 is 5.97 Å². The number of amides is 1. The molecule has 0 unspecified atom stereocenters. The number of carboxylic acids is 1. The van der Waals surface area contributed by atoms with E-state index in [0.29, 0.717) is 24.0 Å². The first kappa shape index (κ1) is 21.7. The first-order valence-corrected chi connectivity index (χ1v) is 11.1. The van der Waals surface area contributed by atoms with Crippen molar-refractivity contribution in [2.75, 3.05) is 5.32 Å². The Morgan fingerprint density at radius 3 is 2.26 bits per heavy atom. The van der Waals surface area contributed by atoms with Gasteiger partial charge in [0.2, 0.25) is 5.91 Å². The maximum Gasteiger partial charge on any atom is 0.303 e. The highest BCUT2D eigenvalue weighted by Gasteiger charge is 2.39. The molecular weight excluding hydrogens is 486 g/mol. The molecule has 1 saturated carbocycles. The Bertz CT molecular complexity index is 1140. The van der Waals surface area contributed by atoms with Crippen molar-refractivity contribution in [3.8, 4) is 0 Å². The topological polar surface area (TPSA) is 101 Å². The first-order chi connectivity index (χ1) is 14.7. The molecule has 2 N–H and O–H groups in total. The summed E-state index contributed by atoms with van der Waals surface area (Å²) in [7, 11) is 0. The van der Waals surface area contributed by atoms with Gasteiger partial charge in [-0.05, 0) is 40.3 Å². The summed E-state index contributed by atoms with van der Waals surface area (Å²) in [4.78, 5) is 50.1. The minimum atomic E-state index is -0.925. The van der Waals surface area contributed by atoms with Gasteiger partial charge in [0, 0.05) is 23.1 Å². The lowest BCUT2D eigenvalue weighted by Crippen LogP contribution is -2.28. The lowest BCUT2D eigenvalue weighted by Gasteiger charge is -2.27. The van der Waals surface area contributed by atoms with Gasteiger partial charge in [-0.3, -0.25) is 19.2 Å². The summed E-state index contributed by atoms with van der Waals surface area (Å²) >= 11 is 9.75. The van der Waals surface area contributed by atoms with Crippen molar-refractivity contribution >= 4 is 56.7 Å². The van der Waals surface area contributed by atoms with Gasteiger partial charge in [0.05, 0.1) is 27.2 Å². The summed E-state index contributed by atoms with van der Waals surface area (Å²) in [5.41, 5.74) is 0.576. The summed E-state index contributed by atoms with van der Waals surface area (Å²) < 4.78 is 0.245. The molecule has 2 aromatic carbocycles. The second-order valence-corrected chi connectivity index (χ2v) is 9.38. The van der Waals surface area contributed by atoms with Crippen LogP contribution in [0.2, 0.25) is 5.02 Å². The zero-order valence-corrected chi connectivity index (χ0v) is 18.8. The average Bonchev–Trinajstić information content (AvgIpc) is 3.16. The molecular formula is C23H19BrClNO5. The number of aliphatic carboxylic acids is 1. The van der Waals surface area contributed by atoms with Gasteiger partial charge in [0.25, 0.3) is 0 Å². The molecule has 0 saturated heterocycles. The molecule has 0 radical (unpaired) electrons. The highest BCUT2D eigenvalue weighted by atomic mass is 79.9. The predicted octanol–water partition coefficient (Wildman–Crippen LogP) is 5.24. The fraction of sp³-hybridized carbons (Fsp3) is 0.304. The number of rotatable bonds is 5. The third-order valence-electron chi connectivity index (χ3n) is 6.10. The monoisotopic (exact) mass is 503 g/mol. The van der Waals surface area contributed by atoms with Gasteiger partial charge in [0.15, 0.2) is 11.6 Å². The molecule has 2 aromatic rings. The number of carbonyl (C=O) groups excluding carboxylic acids is 3. The van der Waals surface area contributed by atoms with E-state index in [1.807, 2.05) is 0 Å². The van der Waals surface area contributed by atoms with E-state index in [-0.39, 0.29) is 56.6 Å². The van der Waals surface area contributed by atoms with E-state index < -0.39 is 11.4 Å². The van der Waals surface area contributed by atoms with Gasteiger partial charge in [-0.1, -0.05) is 48.7 Å². The second-order valence-electron chi connectivity index (χ2n) is 8.18. The van der Waals surface area contributed by atoms with Crippen LogP contribution in [0.15, 0.2) is 34.8 Å². The zero-order valence-electron chi connectivity index (χ0n) is 16.5. The standard InChI is InChI=1S/C23H19BrClNO5/c24-19-18-14(21(30)12-5-1-2-6-13(12)22(18)31)9-15(25)20(19)26-16(27)10-23(11-17(28)29)7-3-4-8-23/h1-2,5-6,9H,3-4,7-8,10-11H2,(H,26,27)(H,28,29). The number of ketones is 2. The van der Waals surface area contributed by atoms with E-state index in [1.165, 1.54) is 6.07 Å². The summed E-state index contributed by atoms with van der Waals surface area (Å²) in [6.45, 7) is 0. The lowest BCUT2D eigenvalue weighted by atomic mass is 9.79. The number of anilines is 1. The first-order valence-electron chi connectivity index (χ1n) is 9.94. The third-order valence-corrected chi connectivity index (χ3v) is 7.19. The molecule has 1 amide bonds. The van der Waals surface area contributed by atoms with E-state index in [4.69, 9.17) is 11.6 Å². The van der Waals surface area contributed by atoms with Crippen LogP contribution in [-0.2, 0) is 9.59 Å². The molecule has 0 spiro atoms. The Hall–Kier alpha value is -2.51. The van der Waals surface area contributed by atoms with Crippen LogP contribution in [0.3, 0.4) is 0 Å². The number of carbonyl (C=O) groups is 4. The normalized spacial score (nSPS) is 16.6. The summed E-state index contributed by atoms with van der Waals surface area (Å²) in [6, 6.07) is 7.96. The molecule has 1 fully saturated rings. The van der Waals surface area contributed by atoms with Crippen LogP contribution in [0.1, 0.15) is 70.4 Å². The number of nitrogens with one attached hydrogen (secondary N) is 1. The van der Waals surface area contributed by atoms with Crippen molar-refractivity contribution < 1.29 is 24.3 Å². The van der Waals surface area contributed by atoms with Crippen LogP contribution in [0, 0.1) is 5.41 Å². The van der Waals surface area contributed by atoms with Crippen LogP contribution in [0.4, 0.5) is 5.69 Å². The number of hydrogen-bond acceptors (Lipinski definition) is 4. The molecule has 160 valence electrons. The number of hydrogen-bond donors (Lipinski definition) is 2. The van der Waals surface area contributed by atoms with Crippen molar-refractivity contribution in [3.63, 3.8) is 0 Å². The average molecular weight is 505 g/mol. The zero-order chi connectivity index (χ0) is 22.3. The third kappa shape index (κ3) is 3.92. The van der Waals surface area contributed by atoms with Crippen LogP contribution in [0.25, 0.3) is 0 Å². The largest absolute Gasteiger partial charge is 0.481 e. The van der Waals surface area contributed by atoms with E-state index in [0.717, 1.165) is 12.8 Å². The van der Waals surface area contributed by atoms with Gasteiger partial charge in [0.1, 0.15) is 0 Å². The smallest absolute Gasteiger partial charge is 0.303 e. The van der Waals surface area contributed by atoms with E-state index in [9.17, 15) is 24.3 Å². The molecule has 2 aliphatic rings. The maximum absolute atomic E-state index is 13.1. The molecule has 0 bridgehead atoms.